The van der Waals surface area contributed by atoms with Gasteiger partial charge in [0.1, 0.15) is 17.4 Å². The molecule has 158 valence electrons. The van der Waals surface area contributed by atoms with Gasteiger partial charge in [0, 0.05) is 6.54 Å². The van der Waals surface area contributed by atoms with E-state index in [1.807, 2.05) is 30.3 Å². The number of halogens is 1. The Hall–Kier alpha value is -2.49. The second-order valence-corrected chi connectivity index (χ2v) is 8.05. The van der Waals surface area contributed by atoms with Crippen LogP contribution in [-0.2, 0) is 27.9 Å². The lowest BCUT2D eigenvalue weighted by Crippen LogP contribution is -2.43. The first-order valence-corrected chi connectivity index (χ1v) is 10.8. The minimum Gasteiger partial charge on any atom is -0.494 e. The lowest BCUT2D eigenvalue weighted by Gasteiger charge is -2.14. The number of carbonyl (C=O) groups is 1. The summed E-state index contributed by atoms with van der Waals surface area (Å²) < 4.78 is 48.7. The van der Waals surface area contributed by atoms with Crippen LogP contribution in [0.4, 0.5) is 4.39 Å². The summed E-state index contributed by atoms with van der Waals surface area (Å²) in [5.74, 6) is -0.867. The molecule has 0 aliphatic carbocycles. The van der Waals surface area contributed by atoms with Gasteiger partial charge in [0.15, 0.2) is 0 Å². The van der Waals surface area contributed by atoms with E-state index in [4.69, 9.17) is 9.29 Å². The molecule has 0 radical (unpaired) electrons. The maximum atomic E-state index is 13.1. The van der Waals surface area contributed by atoms with Crippen LogP contribution in [0.1, 0.15) is 24.5 Å². The summed E-state index contributed by atoms with van der Waals surface area (Å²) >= 11 is 0. The lowest BCUT2D eigenvalue weighted by molar-refractivity contribution is -0.122. The largest absolute Gasteiger partial charge is 0.494 e. The number of hydrogen-bond acceptors (Lipinski definition) is 5. The average Bonchev–Trinajstić information content (AvgIpc) is 2.68. The van der Waals surface area contributed by atoms with Gasteiger partial charge in [-0.1, -0.05) is 24.3 Å². The summed E-state index contributed by atoms with van der Waals surface area (Å²) in [4.78, 5) is 11.7. The molecule has 2 aromatic carbocycles. The summed E-state index contributed by atoms with van der Waals surface area (Å²) in [6.45, 7) is 2.51. The fourth-order valence-corrected chi connectivity index (χ4v) is 2.87. The van der Waals surface area contributed by atoms with Crippen LogP contribution in [0.2, 0.25) is 0 Å². The molecule has 3 N–H and O–H groups in total. The Kier molecular flexibility index (Phi) is 8.56. The van der Waals surface area contributed by atoms with Gasteiger partial charge in [-0.25, -0.2) is 4.39 Å². The summed E-state index contributed by atoms with van der Waals surface area (Å²) in [5.41, 5.74) is 1.86. The number of aryl methyl sites for hydroxylation is 1. The SMILES string of the molecule is CC(NCc1ccc(OCCCc2cccc(F)c2)cc1)C(=O)NCS(=O)(=O)O. The molecule has 29 heavy (non-hydrogen) atoms. The van der Waals surface area contributed by atoms with Gasteiger partial charge in [0.05, 0.1) is 12.6 Å². The molecule has 0 fully saturated rings. The van der Waals surface area contributed by atoms with Crippen molar-refractivity contribution in [3.05, 3.63) is 65.5 Å². The Bertz CT molecular complexity index is 903. The van der Waals surface area contributed by atoms with Crippen LogP contribution in [0.15, 0.2) is 48.5 Å². The van der Waals surface area contributed by atoms with E-state index in [2.05, 4.69) is 10.6 Å². The van der Waals surface area contributed by atoms with Crippen molar-refractivity contribution in [1.29, 1.82) is 0 Å². The Balaban J connectivity index is 1.69. The van der Waals surface area contributed by atoms with E-state index in [1.54, 1.807) is 13.0 Å². The van der Waals surface area contributed by atoms with Crippen LogP contribution in [-0.4, -0.2) is 37.4 Å². The van der Waals surface area contributed by atoms with Crippen molar-refractivity contribution < 1.29 is 26.9 Å². The molecule has 1 unspecified atom stereocenters. The van der Waals surface area contributed by atoms with Gasteiger partial charge in [0.2, 0.25) is 5.91 Å². The predicted octanol–water partition coefficient (Wildman–Crippen LogP) is 2.28. The molecule has 1 amide bonds. The van der Waals surface area contributed by atoms with E-state index < -0.39 is 27.9 Å². The number of nitrogens with one attached hydrogen (secondary N) is 2. The smallest absolute Gasteiger partial charge is 0.283 e. The third-order valence-corrected chi connectivity index (χ3v) is 4.63. The Morgan fingerprint density at radius 1 is 1.17 bits per heavy atom. The highest BCUT2D eigenvalue weighted by molar-refractivity contribution is 7.85. The van der Waals surface area contributed by atoms with E-state index in [9.17, 15) is 17.6 Å². The topological polar surface area (TPSA) is 105 Å². The first-order chi connectivity index (χ1) is 13.7. The molecular weight excluding hydrogens is 399 g/mol. The molecule has 2 aromatic rings. The first kappa shape index (κ1) is 22.8. The molecule has 0 saturated carbocycles. The molecule has 2 rings (SSSR count). The van der Waals surface area contributed by atoms with Crippen molar-refractivity contribution in [1.82, 2.24) is 10.6 Å². The third-order valence-electron chi connectivity index (χ3n) is 4.13. The average molecular weight is 424 g/mol. The zero-order chi connectivity index (χ0) is 21.3. The van der Waals surface area contributed by atoms with Crippen LogP contribution in [0.5, 0.6) is 5.75 Å². The monoisotopic (exact) mass is 424 g/mol. The maximum Gasteiger partial charge on any atom is 0.283 e. The summed E-state index contributed by atoms with van der Waals surface area (Å²) in [5, 5.41) is 5.10. The van der Waals surface area contributed by atoms with Crippen molar-refractivity contribution in [2.75, 3.05) is 12.5 Å². The number of amides is 1. The first-order valence-electron chi connectivity index (χ1n) is 9.15. The predicted molar refractivity (Wildman–Crippen MR) is 108 cm³/mol. The van der Waals surface area contributed by atoms with Crippen LogP contribution in [0, 0.1) is 5.82 Å². The highest BCUT2D eigenvalue weighted by atomic mass is 32.2. The molecule has 0 spiro atoms. The highest BCUT2D eigenvalue weighted by Gasteiger charge is 2.14. The summed E-state index contributed by atoms with van der Waals surface area (Å²) in [6.07, 6.45) is 1.50. The molecule has 0 saturated heterocycles. The fraction of sp³-hybridized carbons (Fsp3) is 0.350. The second-order valence-electron chi connectivity index (χ2n) is 6.60. The Morgan fingerprint density at radius 2 is 1.90 bits per heavy atom. The van der Waals surface area contributed by atoms with Gasteiger partial charge >= 0.3 is 0 Å². The quantitative estimate of drug-likeness (QED) is 0.378. The van der Waals surface area contributed by atoms with E-state index in [0.29, 0.717) is 18.9 Å². The molecule has 9 heteroatoms. The van der Waals surface area contributed by atoms with Gasteiger partial charge in [-0.05, 0) is 55.2 Å². The van der Waals surface area contributed by atoms with Gasteiger partial charge < -0.3 is 15.4 Å². The fourth-order valence-electron chi connectivity index (χ4n) is 2.54. The van der Waals surface area contributed by atoms with Gasteiger partial charge in [-0.3, -0.25) is 9.35 Å². The minimum atomic E-state index is -4.24. The molecular formula is C20H25FN2O5S. The van der Waals surface area contributed by atoms with E-state index in [-0.39, 0.29) is 5.82 Å². The summed E-state index contributed by atoms with van der Waals surface area (Å²) in [6, 6.07) is 13.2. The van der Waals surface area contributed by atoms with E-state index >= 15 is 0 Å². The molecule has 7 nitrogen and oxygen atoms in total. The molecule has 1 atom stereocenters. The second kappa shape index (κ2) is 10.9. The minimum absolute atomic E-state index is 0.238. The lowest BCUT2D eigenvalue weighted by atomic mass is 10.1. The van der Waals surface area contributed by atoms with Crippen molar-refractivity contribution >= 4 is 16.0 Å². The molecule has 0 aliphatic rings. The number of hydrogen-bond donors (Lipinski definition) is 3. The van der Waals surface area contributed by atoms with Crippen LogP contribution >= 0.6 is 0 Å². The van der Waals surface area contributed by atoms with E-state index in [0.717, 1.165) is 24.0 Å². The van der Waals surface area contributed by atoms with Gasteiger partial charge in [-0.2, -0.15) is 8.42 Å². The third kappa shape index (κ3) is 9.03. The number of ether oxygens (including phenoxy) is 1. The number of carbonyl (C=O) groups excluding carboxylic acids is 1. The van der Waals surface area contributed by atoms with Gasteiger partial charge in [-0.15, -0.1) is 0 Å². The number of rotatable bonds is 11. The standard InChI is InChI=1S/C20H25FN2O5S/c1-15(20(24)23-14-29(25,26)27)22-13-17-7-9-19(10-8-17)28-11-3-5-16-4-2-6-18(21)12-16/h2,4,6-10,12,15,22H,3,5,11,13-14H2,1H3,(H,23,24)(H,25,26,27). The highest BCUT2D eigenvalue weighted by Crippen LogP contribution is 2.13. The van der Waals surface area contributed by atoms with Crippen LogP contribution in [0.25, 0.3) is 0 Å². The molecule has 0 heterocycles. The molecule has 0 aromatic heterocycles. The maximum absolute atomic E-state index is 13.1. The zero-order valence-corrected chi connectivity index (χ0v) is 16.9. The van der Waals surface area contributed by atoms with Crippen molar-refractivity contribution in [3.63, 3.8) is 0 Å². The van der Waals surface area contributed by atoms with Gasteiger partial charge in [0.25, 0.3) is 10.1 Å². The Morgan fingerprint density at radius 3 is 2.55 bits per heavy atom. The van der Waals surface area contributed by atoms with Crippen molar-refractivity contribution in [2.45, 2.75) is 32.4 Å². The zero-order valence-electron chi connectivity index (χ0n) is 16.1. The summed E-state index contributed by atoms with van der Waals surface area (Å²) in [7, 11) is -4.24. The van der Waals surface area contributed by atoms with Crippen LogP contribution < -0.4 is 15.4 Å². The normalized spacial score (nSPS) is 12.4. The molecule has 0 aliphatic heterocycles. The van der Waals surface area contributed by atoms with Crippen molar-refractivity contribution in [3.8, 4) is 5.75 Å². The Labute approximate surface area is 170 Å². The van der Waals surface area contributed by atoms with E-state index in [1.165, 1.54) is 12.1 Å². The van der Waals surface area contributed by atoms with Crippen LogP contribution in [0.3, 0.4) is 0 Å². The number of benzene rings is 2. The molecule has 0 bridgehead atoms. The van der Waals surface area contributed by atoms with Crippen molar-refractivity contribution in [2.24, 2.45) is 0 Å².